The lowest BCUT2D eigenvalue weighted by Gasteiger charge is -2.19. The van der Waals surface area contributed by atoms with Crippen LogP contribution in [0.3, 0.4) is 0 Å². The molecule has 126 valence electrons. The van der Waals surface area contributed by atoms with Crippen LogP contribution in [0.1, 0.15) is 18.9 Å². The smallest absolute Gasteiger partial charge is 0.164 e. The van der Waals surface area contributed by atoms with Crippen molar-refractivity contribution in [2.45, 2.75) is 26.4 Å². The number of hydrogen-bond donors (Lipinski definition) is 1. The molecule has 0 fully saturated rings. The molecule has 3 rings (SSSR count). The number of anilines is 1. The number of aromatic nitrogens is 4. The molecule has 0 aliphatic heterocycles. The van der Waals surface area contributed by atoms with Crippen LogP contribution in [-0.4, -0.2) is 32.4 Å². The Labute approximate surface area is 149 Å². The molecule has 24 heavy (non-hydrogen) atoms. The zero-order valence-corrected chi connectivity index (χ0v) is 15.5. The van der Waals surface area contributed by atoms with E-state index in [0.29, 0.717) is 6.54 Å². The van der Waals surface area contributed by atoms with Crippen LogP contribution in [0.2, 0.25) is 0 Å². The highest BCUT2D eigenvalue weighted by Gasteiger charge is 2.15. The number of nitrogens with one attached hydrogen (secondary N) is 1. The Bertz CT molecular complexity index is 848. The van der Waals surface area contributed by atoms with E-state index in [1.807, 2.05) is 25.2 Å². The van der Waals surface area contributed by atoms with Gasteiger partial charge in [-0.2, -0.15) is 5.10 Å². The SMILES string of the molecule is CCC(CNc1ncnc2c1c(Br)nn2C)Oc1cccc(C)c1. The minimum atomic E-state index is 0.0484. The second-order valence-electron chi connectivity index (χ2n) is 5.68. The second-order valence-corrected chi connectivity index (χ2v) is 6.43. The number of nitrogens with zero attached hydrogens (tertiary/aromatic N) is 4. The average Bonchev–Trinajstić information content (AvgIpc) is 2.86. The molecule has 1 aromatic carbocycles. The van der Waals surface area contributed by atoms with E-state index in [2.05, 4.69) is 56.2 Å². The molecule has 3 aromatic rings. The van der Waals surface area contributed by atoms with Crippen molar-refractivity contribution in [2.24, 2.45) is 7.05 Å². The molecule has 1 unspecified atom stereocenters. The molecule has 0 radical (unpaired) electrons. The van der Waals surface area contributed by atoms with Crippen LogP contribution in [0, 0.1) is 6.92 Å². The van der Waals surface area contributed by atoms with Gasteiger partial charge in [-0.15, -0.1) is 0 Å². The van der Waals surface area contributed by atoms with Crippen LogP contribution >= 0.6 is 15.9 Å². The second kappa shape index (κ2) is 7.17. The first-order valence-corrected chi connectivity index (χ1v) is 8.68. The number of rotatable bonds is 6. The largest absolute Gasteiger partial charge is 0.489 e. The zero-order chi connectivity index (χ0) is 17.1. The maximum absolute atomic E-state index is 6.08. The number of fused-ring (bicyclic) bond motifs is 1. The molecule has 7 heteroatoms. The molecular formula is C17H20BrN5O. The number of hydrogen-bond acceptors (Lipinski definition) is 5. The fourth-order valence-electron chi connectivity index (χ4n) is 2.54. The van der Waals surface area contributed by atoms with E-state index >= 15 is 0 Å². The lowest BCUT2D eigenvalue weighted by molar-refractivity contribution is 0.210. The van der Waals surface area contributed by atoms with Crippen LogP contribution in [0.25, 0.3) is 11.0 Å². The van der Waals surface area contributed by atoms with Crippen LogP contribution in [0.15, 0.2) is 35.2 Å². The summed E-state index contributed by atoms with van der Waals surface area (Å²) < 4.78 is 8.54. The molecule has 0 amide bonds. The van der Waals surface area contributed by atoms with Crippen molar-refractivity contribution in [1.82, 2.24) is 19.7 Å². The van der Waals surface area contributed by atoms with Crippen molar-refractivity contribution in [3.05, 3.63) is 40.8 Å². The predicted octanol–water partition coefficient (Wildman–Crippen LogP) is 3.70. The van der Waals surface area contributed by atoms with Crippen molar-refractivity contribution in [2.75, 3.05) is 11.9 Å². The number of benzene rings is 1. The van der Waals surface area contributed by atoms with Gasteiger partial charge in [0.15, 0.2) is 5.65 Å². The third-order valence-electron chi connectivity index (χ3n) is 3.82. The summed E-state index contributed by atoms with van der Waals surface area (Å²) in [4.78, 5) is 8.62. The van der Waals surface area contributed by atoms with Gasteiger partial charge in [0.1, 0.15) is 28.6 Å². The molecule has 1 atom stereocenters. The van der Waals surface area contributed by atoms with Gasteiger partial charge in [-0.05, 0) is 47.0 Å². The number of aryl methyl sites for hydroxylation is 2. The molecule has 6 nitrogen and oxygen atoms in total. The summed E-state index contributed by atoms with van der Waals surface area (Å²) in [7, 11) is 1.86. The zero-order valence-electron chi connectivity index (χ0n) is 14.0. The normalized spacial score (nSPS) is 12.3. The highest BCUT2D eigenvalue weighted by molar-refractivity contribution is 9.10. The van der Waals surface area contributed by atoms with Crippen LogP contribution in [0.5, 0.6) is 5.75 Å². The minimum Gasteiger partial charge on any atom is -0.489 e. The molecule has 2 aromatic heterocycles. The Hall–Kier alpha value is -2.15. The van der Waals surface area contributed by atoms with Gasteiger partial charge in [-0.1, -0.05) is 19.1 Å². The van der Waals surface area contributed by atoms with Gasteiger partial charge in [0.2, 0.25) is 0 Å². The van der Waals surface area contributed by atoms with Gasteiger partial charge in [-0.25, -0.2) is 14.6 Å². The van der Waals surface area contributed by atoms with Gasteiger partial charge in [0, 0.05) is 7.05 Å². The molecule has 2 heterocycles. The van der Waals surface area contributed by atoms with Crippen molar-refractivity contribution in [1.29, 1.82) is 0 Å². The monoisotopic (exact) mass is 389 g/mol. The topological polar surface area (TPSA) is 64.9 Å². The van der Waals surface area contributed by atoms with E-state index < -0.39 is 0 Å². The van der Waals surface area contributed by atoms with Gasteiger partial charge in [-0.3, -0.25) is 0 Å². The maximum atomic E-state index is 6.08. The first-order valence-electron chi connectivity index (χ1n) is 7.89. The Balaban J connectivity index is 1.74. The molecule has 0 bridgehead atoms. The van der Waals surface area contributed by atoms with E-state index in [9.17, 15) is 0 Å². The number of halogens is 1. The van der Waals surface area contributed by atoms with Crippen molar-refractivity contribution in [3.8, 4) is 5.75 Å². The summed E-state index contributed by atoms with van der Waals surface area (Å²) in [5.74, 6) is 1.64. The first-order chi connectivity index (χ1) is 11.6. The highest BCUT2D eigenvalue weighted by Crippen LogP contribution is 2.27. The van der Waals surface area contributed by atoms with Crippen molar-refractivity contribution in [3.63, 3.8) is 0 Å². The van der Waals surface area contributed by atoms with Gasteiger partial charge >= 0.3 is 0 Å². The summed E-state index contributed by atoms with van der Waals surface area (Å²) in [5.41, 5.74) is 1.97. The molecule has 0 aliphatic carbocycles. The fourth-order valence-corrected chi connectivity index (χ4v) is 3.14. The van der Waals surface area contributed by atoms with Crippen LogP contribution in [0.4, 0.5) is 5.82 Å². The Kier molecular flexibility index (Phi) is 4.99. The Morgan fingerprint density at radius 1 is 1.33 bits per heavy atom. The average molecular weight is 390 g/mol. The van der Waals surface area contributed by atoms with Crippen LogP contribution < -0.4 is 10.1 Å². The van der Waals surface area contributed by atoms with Crippen molar-refractivity contribution < 1.29 is 4.74 Å². The predicted molar refractivity (Wildman–Crippen MR) is 98.4 cm³/mol. The summed E-state index contributed by atoms with van der Waals surface area (Å²) in [5, 5.41) is 8.58. The molecule has 0 saturated carbocycles. The minimum absolute atomic E-state index is 0.0484. The van der Waals surface area contributed by atoms with Gasteiger partial charge in [0.25, 0.3) is 0 Å². The van der Waals surface area contributed by atoms with Crippen LogP contribution in [-0.2, 0) is 7.05 Å². The third kappa shape index (κ3) is 3.51. The summed E-state index contributed by atoms with van der Waals surface area (Å²) in [6.07, 6.45) is 2.48. The maximum Gasteiger partial charge on any atom is 0.164 e. The Morgan fingerprint density at radius 3 is 2.92 bits per heavy atom. The van der Waals surface area contributed by atoms with Crippen molar-refractivity contribution >= 4 is 32.8 Å². The highest BCUT2D eigenvalue weighted by atomic mass is 79.9. The molecular weight excluding hydrogens is 370 g/mol. The lowest BCUT2D eigenvalue weighted by atomic mass is 10.2. The van der Waals surface area contributed by atoms with E-state index in [0.717, 1.165) is 33.6 Å². The quantitative estimate of drug-likeness (QED) is 0.695. The Morgan fingerprint density at radius 2 is 2.17 bits per heavy atom. The van der Waals surface area contributed by atoms with Gasteiger partial charge < -0.3 is 10.1 Å². The lowest BCUT2D eigenvalue weighted by Crippen LogP contribution is -2.25. The molecule has 1 N–H and O–H groups in total. The third-order valence-corrected chi connectivity index (χ3v) is 4.38. The fraction of sp³-hybridized carbons (Fsp3) is 0.353. The summed E-state index contributed by atoms with van der Waals surface area (Å²) >= 11 is 3.47. The van der Waals surface area contributed by atoms with E-state index in [-0.39, 0.29) is 6.10 Å². The van der Waals surface area contributed by atoms with Gasteiger partial charge in [0.05, 0.1) is 11.9 Å². The number of ether oxygens (including phenoxy) is 1. The molecule has 0 spiro atoms. The molecule has 0 aliphatic rings. The standard InChI is InChI=1S/C17H20BrN5O/c1-4-12(24-13-7-5-6-11(2)8-13)9-19-16-14-15(18)22-23(3)17(14)21-10-20-16/h5-8,10,12H,4,9H2,1-3H3,(H,19,20,21). The van der Waals surface area contributed by atoms with E-state index in [1.165, 1.54) is 5.56 Å². The van der Waals surface area contributed by atoms with E-state index in [1.54, 1.807) is 11.0 Å². The molecule has 0 saturated heterocycles. The van der Waals surface area contributed by atoms with E-state index in [4.69, 9.17) is 4.74 Å². The summed E-state index contributed by atoms with van der Waals surface area (Å²) in [6.45, 7) is 4.82. The first kappa shape index (κ1) is 16.7. The summed E-state index contributed by atoms with van der Waals surface area (Å²) in [6, 6.07) is 8.09.